The molecule has 7 heteroatoms. The summed E-state index contributed by atoms with van der Waals surface area (Å²) < 4.78 is 13.1. The Kier molecular flexibility index (Phi) is 3.87. The zero-order chi connectivity index (χ0) is 14.0. The number of pyridine rings is 1. The minimum Gasteiger partial charge on any atom is -0.505 e. The molecule has 0 aliphatic carbocycles. The number of nitrogens with zero attached hydrogens (tertiary/aromatic N) is 1. The maximum atomic E-state index is 13.1. The first-order valence-corrected chi connectivity index (χ1v) is 5.84. The van der Waals surface area contributed by atoms with Gasteiger partial charge in [0.2, 0.25) is 0 Å². The molecule has 0 saturated heterocycles. The fourth-order valence-electron chi connectivity index (χ4n) is 1.38. The summed E-state index contributed by atoms with van der Waals surface area (Å²) in [5, 5.41) is 11.6. The average molecular weight is 301 g/mol. The third-order valence-corrected chi connectivity index (χ3v) is 2.62. The molecular formula is C12H7Cl2FN2O2. The molecule has 98 valence electrons. The van der Waals surface area contributed by atoms with Crippen LogP contribution in [0.25, 0.3) is 0 Å². The van der Waals surface area contributed by atoms with Crippen LogP contribution < -0.4 is 5.32 Å². The fourth-order valence-corrected chi connectivity index (χ4v) is 1.84. The van der Waals surface area contributed by atoms with Gasteiger partial charge in [0.05, 0.1) is 0 Å². The van der Waals surface area contributed by atoms with Crippen LogP contribution in [0.1, 0.15) is 10.4 Å². The Hall–Kier alpha value is -1.85. The molecule has 0 spiro atoms. The molecule has 1 aromatic heterocycles. The van der Waals surface area contributed by atoms with Crippen LogP contribution in [-0.4, -0.2) is 16.0 Å². The van der Waals surface area contributed by atoms with E-state index in [0.717, 1.165) is 12.1 Å². The number of amides is 1. The van der Waals surface area contributed by atoms with Gasteiger partial charge in [-0.15, -0.1) is 0 Å². The van der Waals surface area contributed by atoms with Crippen LogP contribution in [0.5, 0.6) is 5.75 Å². The molecule has 0 radical (unpaired) electrons. The van der Waals surface area contributed by atoms with Crippen LogP contribution >= 0.6 is 23.2 Å². The van der Waals surface area contributed by atoms with E-state index in [1.165, 1.54) is 18.2 Å². The van der Waals surface area contributed by atoms with E-state index in [4.69, 9.17) is 28.3 Å². The summed E-state index contributed by atoms with van der Waals surface area (Å²) in [6.07, 6.45) is 0. The largest absolute Gasteiger partial charge is 0.505 e. The molecule has 0 saturated carbocycles. The molecule has 0 fully saturated rings. The van der Waals surface area contributed by atoms with E-state index < -0.39 is 17.5 Å². The molecule has 1 heterocycles. The standard InChI is InChI=1S/C12H7Cl2FN2O2/c13-10-3-6(4-11(14)17-10)12(19)16-7-1-2-9(18)8(15)5-7/h1-5,18H,(H,16,19). The Morgan fingerprint density at radius 2 is 1.84 bits per heavy atom. The van der Waals surface area contributed by atoms with Crippen molar-refractivity contribution in [1.29, 1.82) is 0 Å². The van der Waals surface area contributed by atoms with Gasteiger partial charge in [0.15, 0.2) is 11.6 Å². The Labute approximate surface area is 117 Å². The van der Waals surface area contributed by atoms with Crippen molar-refractivity contribution in [2.45, 2.75) is 0 Å². The van der Waals surface area contributed by atoms with Crippen molar-refractivity contribution in [2.75, 3.05) is 5.32 Å². The summed E-state index contributed by atoms with van der Waals surface area (Å²) in [6.45, 7) is 0. The van der Waals surface area contributed by atoms with E-state index in [1.807, 2.05) is 0 Å². The fraction of sp³-hybridized carbons (Fsp3) is 0. The summed E-state index contributed by atoms with van der Waals surface area (Å²) in [6, 6.07) is 6.16. The van der Waals surface area contributed by atoms with E-state index in [9.17, 15) is 9.18 Å². The molecule has 0 aliphatic heterocycles. The second kappa shape index (κ2) is 5.42. The Bertz CT molecular complexity index is 629. The number of anilines is 1. The molecule has 4 nitrogen and oxygen atoms in total. The number of carbonyl (C=O) groups is 1. The molecule has 0 bridgehead atoms. The number of benzene rings is 1. The van der Waals surface area contributed by atoms with E-state index in [-0.39, 0.29) is 21.6 Å². The Morgan fingerprint density at radius 3 is 2.42 bits per heavy atom. The van der Waals surface area contributed by atoms with Crippen molar-refractivity contribution in [2.24, 2.45) is 0 Å². The zero-order valence-corrected chi connectivity index (χ0v) is 10.8. The molecule has 0 atom stereocenters. The number of carbonyl (C=O) groups excluding carboxylic acids is 1. The second-order valence-corrected chi connectivity index (χ2v) is 4.40. The zero-order valence-electron chi connectivity index (χ0n) is 9.32. The molecule has 1 aromatic carbocycles. The van der Waals surface area contributed by atoms with Gasteiger partial charge in [-0.05, 0) is 24.3 Å². The van der Waals surface area contributed by atoms with E-state index >= 15 is 0 Å². The molecule has 19 heavy (non-hydrogen) atoms. The highest BCUT2D eigenvalue weighted by atomic mass is 35.5. The molecule has 0 unspecified atom stereocenters. The number of aromatic hydroxyl groups is 1. The Morgan fingerprint density at radius 1 is 1.21 bits per heavy atom. The molecule has 2 aromatic rings. The van der Waals surface area contributed by atoms with Crippen molar-refractivity contribution in [3.8, 4) is 5.75 Å². The van der Waals surface area contributed by atoms with E-state index in [2.05, 4.69) is 10.3 Å². The maximum absolute atomic E-state index is 13.1. The lowest BCUT2D eigenvalue weighted by Crippen LogP contribution is -2.12. The maximum Gasteiger partial charge on any atom is 0.255 e. The van der Waals surface area contributed by atoms with Gasteiger partial charge in [-0.2, -0.15) is 0 Å². The third-order valence-electron chi connectivity index (χ3n) is 2.23. The quantitative estimate of drug-likeness (QED) is 0.659. The number of hydrogen-bond donors (Lipinski definition) is 2. The van der Waals surface area contributed by atoms with Crippen LogP contribution in [0.3, 0.4) is 0 Å². The van der Waals surface area contributed by atoms with Gasteiger partial charge in [-0.25, -0.2) is 9.37 Å². The van der Waals surface area contributed by atoms with Crippen LogP contribution in [0, 0.1) is 5.82 Å². The molecule has 1 amide bonds. The third kappa shape index (κ3) is 3.33. The first kappa shape index (κ1) is 13.6. The van der Waals surface area contributed by atoms with Gasteiger partial charge in [0.25, 0.3) is 5.91 Å². The van der Waals surface area contributed by atoms with Crippen molar-refractivity contribution >= 4 is 34.8 Å². The van der Waals surface area contributed by atoms with Gasteiger partial charge in [0, 0.05) is 17.3 Å². The topological polar surface area (TPSA) is 62.2 Å². The van der Waals surface area contributed by atoms with Gasteiger partial charge < -0.3 is 10.4 Å². The van der Waals surface area contributed by atoms with Crippen LogP contribution in [0.15, 0.2) is 30.3 Å². The number of rotatable bonds is 2. The first-order chi connectivity index (χ1) is 8.95. The minimum atomic E-state index is -0.830. The number of phenols is 1. The van der Waals surface area contributed by atoms with E-state index in [1.54, 1.807) is 0 Å². The van der Waals surface area contributed by atoms with Crippen molar-refractivity contribution in [3.63, 3.8) is 0 Å². The van der Waals surface area contributed by atoms with Crippen LogP contribution in [-0.2, 0) is 0 Å². The lowest BCUT2D eigenvalue weighted by atomic mass is 10.2. The summed E-state index contributed by atoms with van der Waals surface area (Å²) in [4.78, 5) is 15.6. The molecular weight excluding hydrogens is 294 g/mol. The molecule has 0 aliphatic rings. The predicted molar refractivity (Wildman–Crippen MR) is 70.3 cm³/mol. The first-order valence-electron chi connectivity index (χ1n) is 5.08. The van der Waals surface area contributed by atoms with Gasteiger partial charge in [-0.3, -0.25) is 4.79 Å². The molecule has 2 N–H and O–H groups in total. The van der Waals surface area contributed by atoms with Gasteiger partial charge in [-0.1, -0.05) is 23.2 Å². The normalized spacial score (nSPS) is 10.3. The van der Waals surface area contributed by atoms with Crippen molar-refractivity contribution in [3.05, 3.63) is 52.0 Å². The second-order valence-electron chi connectivity index (χ2n) is 3.62. The number of phenolic OH excluding ortho intramolecular Hbond substituents is 1. The number of aromatic nitrogens is 1. The lowest BCUT2D eigenvalue weighted by Gasteiger charge is -2.06. The van der Waals surface area contributed by atoms with Crippen molar-refractivity contribution in [1.82, 2.24) is 4.98 Å². The number of hydrogen-bond acceptors (Lipinski definition) is 3. The smallest absolute Gasteiger partial charge is 0.255 e. The van der Waals surface area contributed by atoms with E-state index in [0.29, 0.717) is 0 Å². The van der Waals surface area contributed by atoms with Crippen LogP contribution in [0.4, 0.5) is 10.1 Å². The highest BCUT2D eigenvalue weighted by molar-refractivity contribution is 6.33. The SMILES string of the molecule is O=C(Nc1ccc(O)c(F)c1)c1cc(Cl)nc(Cl)c1. The number of nitrogens with one attached hydrogen (secondary N) is 1. The van der Waals surface area contributed by atoms with Gasteiger partial charge in [0.1, 0.15) is 10.3 Å². The van der Waals surface area contributed by atoms with Gasteiger partial charge >= 0.3 is 0 Å². The van der Waals surface area contributed by atoms with Crippen LogP contribution in [0.2, 0.25) is 10.3 Å². The highest BCUT2D eigenvalue weighted by Gasteiger charge is 2.10. The molecule has 2 rings (SSSR count). The highest BCUT2D eigenvalue weighted by Crippen LogP contribution is 2.21. The predicted octanol–water partition coefficient (Wildman–Crippen LogP) is 3.49. The summed E-state index contributed by atoms with van der Waals surface area (Å²) in [5.41, 5.74) is 0.392. The summed E-state index contributed by atoms with van der Waals surface area (Å²) in [7, 11) is 0. The summed E-state index contributed by atoms with van der Waals surface area (Å²) in [5.74, 6) is -1.84. The summed E-state index contributed by atoms with van der Waals surface area (Å²) >= 11 is 11.3. The monoisotopic (exact) mass is 300 g/mol. The Balaban J connectivity index is 2.22. The number of halogens is 3. The average Bonchev–Trinajstić information content (AvgIpc) is 2.32. The minimum absolute atomic E-state index is 0.0783. The van der Waals surface area contributed by atoms with Crippen molar-refractivity contribution < 1.29 is 14.3 Å². The lowest BCUT2D eigenvalue weighted by molar-refractivity contribution is 0.102.